The molecule has 98 valence electrons. The van der Waals surface area contributed by atoms with Crippen LogP contribution in [0.1, 0.15) is 51.3 Å². The van der Waals surface area contributed by atoms with E-state index in [2.05, 4.69) is 36.9 Å². The third-order valence-electron chi connectivity index (χ3n) is 3.03. The molecule has 0 aliphatic carbocycles. The Hall–Kier alpha value is -0.820. The van der Waals surface area contributed by atoms with Crippen LogP contribution in [0.15, 0.2) is 18.2 Å². The zero-order valence-corrected chi connectivity index (χ0v) is 12.5. The highest BCUT2D eigenvalue weighted by Crippen LogP contribution is 2.21. The van der Waals surface area contributed by atoms with Gasteiger partial charge in [0.05, 0.1) is 0 Å². The lowest BCUT2D eigenvalue weighted by atomic mass is 9.96. The zero-order valence-electron chi connectivity index (χ0n) is 12.5. The van der Waals surface area contributed by atoms with E-state index < -0.39 is 0 Å². The number of likely N-dealkylation sites (N-methyl/N-ethyl adjacent to an activating group) is 1. The minimum atomic E-state index is 1.15. The largest absolute Gasteiger partial charge is 0.299 e. The molecule has 0 saturated heterocycles. The van der Waals surface area contributed by atoms with Crippen molar-refractivity contribution in [1.82, 2.24) is 4.90 Å². The first-order valence-electron chi connectivity index (χ1n) is 7.11. The van der Waals surface area contributed by atoms with Crippen LogP contribution in [-0.4, -0.2) is 18.0 Å². The summed E-state index contributed by atoms with van der Waals surface area (Å²) in [6, 6.07) is 6.67. The average Bonchev–Trinajstić information content (AvgIpc) is 2.43. The van der Waals surface area contributed by atoms with Crippen molar-refractivity contribution < 1.29 is 0 Å². The second kappa shape index (κ2) is 9.23. The summed E-state index contributed by atoms with van der Waals surface area (Å²) in [7, 11) is 0. The van der Waals surface area contributed by atoms with Crippen LogP contribution >= 0.6 is 0 Å². The molecule has 0 atom stereocenters. The van der Waals surface area contributed by atoms with Gasteiger partial charge in [0.2, 0.25) is 0 Å². The second-order valence-corrected chi connectivity index (χ2v) is 3.83. The van der Waals surface area contributed by atoms with Crippen molar-refractivity contribution in [1.29, 1.82) is 0 Å². The molecule has 0 N–H and O–H groups in total. The van der Waals surface area contributed by atoms with Gasteiger partial charge < -0.3 is 0 Å². The third-order valence-corrected chi connectivity index (χ3v) is 3.03. The van der Waals surface area contributed by atoms with Gasteiger partial charge in [-0.3, -0.25) is 4.90 Å². The Morgan fingerprint density at radius 2 is 1.76 bits per heavy atom. The summed E-state index contributed by atoms with van der Waals surface area (Å²) >= 11 is 0. The summed E-state index contributed by atoms with van der Waals surface area (Å²) in [5.74, 6) is 0. The van der Waals surface area contributed by atoms with E-state index in [1.54, 1.807) is 11.1 Å². The molecule has 0 spiro atoms. The van der Waals surface area contributed by atoms with Crippen molar-refractivity contribution in [3.63, 3.8) is 0 Å². The van der Waals surface area contributed by atoms with Gasteiger partial charge in [-0.2, -0.15) is 0 Å². The Morgan fingerprint density at radius 1 is 1.12 bits per heavy atom. The van der Waals surface area contributed by atoms with E-state index >= 15 is 0 Å². The molecule has 1 nitrogen and oxygen atoms in total. The number of aryl methyl sites for hydroxylation is 1. The van der Waals surface area contributed by atoms with Crippen molar-refractivity contribution in [2.24, 2.45) is 0 Å². The summed E-state index contributed by atoms with van der Waals surface area (Å²) in [5.41, 5.74) is 4.58. The molecule has 0 aromatic heterocycles. The van der Waals surface area contributed by atoms with Crippen LogP contribution in [0.3, 0.4) is 0 Å². The normalized spacial score (nSPS) is 13.8. The van der Waals surface area contributed by atoms with Crippen molar-refractivity contribution >= 4 is 0 Å². The molecule has 1 aromatic carbocycles. The van der Waals surface area contributed by atoms with Crippen LogP contribution in [0.25, 0.3) is 0 Å². The van der Waals surface area contributed by atoms with Crippen LogP contribution in [0.2, 0.25) is 0 Å². The zero-order chi connectivity index (χ0) is 13.3. The number of benzene rings is 1. The fraction of sp³-hybridized carbons (Fsp3) is 0.625. The Balaban J connectivity index is 0.000000581. The first-order chi connectivity index (χ1) is 8.31. The van der Waals surface area contributed by atoms with Gasteiger partial charge >= 0.3 is 0 Å². The van der Waals surface area contributed by atoms with Gasteiger partial charge in [0.25, 0.3) is 0 Å². The molecule has 0 radical (unpaired) electrons. The first-order valence-corrected chi connectivity index (χ1v) is 7.11. The van der Waals surface area contributed by atoms with Gasteiger partial charge in [0.1, 0.15) is 0 Å². The van der Waals surface area contributed by atoms with Gasteiger partial charge in [-0.05, 0) is 36.6 Å². The van der Waals surface area contributed by atoms with E-state index in [1.165, 1.54) is 25.1 Å². The maximum atomic E-state index is 2.51. The summed E-state index contributed by atoms with van der Waals surface area (Å²) in [5, 5.41) is 0. The fourth-order valence-electron chi connectivity index (χ4n) is 2.07. The maximum absolute atomic E-state index is 2.51. The van der Waals surface area contributed by atoms with Crippen molar-refractivity contribution in [3.8, 4) is 0 Å². The molecular formula is C16H29N. The number of hydrogen-bond donors (Lipinski definition) is 0. The molecule has 0 saturated carbocycles. The molecule has 0 fully saturated rings. The second-order valence-electron chi connectivity index (χ2n) is 3.83. The fourth-order valence-corrected chi connectivity index (χ4v) is 2.07. The summed E-state index contributed by atoms with van der Waals surface area (Å²) < 4.78 is 0. The highest BCUT2D eigenvalue weighted by Gasteiger charge is 2.15. The van der Waals surface area contributed by atoms with Crippen molar-refractivity contribution in [2.45, 2.75) is 54.5 Å². The van der Waals surface area contributed by atoms with Gasteiger partial charge in [0, 0.05) is 13.1 Å². The standard InChI is InChI=1S/C12H17N.2C2H6/c1-3-13-8-7-11-6-4-5-10(2)12(11)9-13;2*1-2/h4-6H,3,7-9H2,1-2H3;2*1-2H3. The van der Waals surface area contributed by atoms with Gasteiger partial charge in [-0.15, -0.1) is 0 Å². The van der Waals surface area contributed by atoms with E-state index in [4.69, 9.17) is 0 Å². The molecule has 1 heteroatoms. The van der Waals surface area contributed by atoms with E-state index in [0.717, 1.165) is 6.54 Å². The van der Waals surface area contributed by atoms with Crippen LogP contribution in [-0.2, 0) is 13.0 Å². The number of hydrogen-bond acceptors (Lipinski definition) is 1. The predicted octanol–water partition coefficient (Wildman–Crippen LogP) is 4.43. The number of fused-ring (bicyclic) bond motifs is 1. The minimum Gasteiger partial charge on any atom is -0.299 e. The smallest absolute Gasteiger partial charge is 0.0239 e. The molecule has 0 bridgehead atoms. The lowest BCUT2D eigenvalue weighted by molar-refractivity contribution is 0.267. The molecular weight excluding hydrogens is 206 g/mol. The molecule has 1 aliphatic rings. The Bertz CT molecular complexity index is 304. The molecule has 1 aromatic rings. The van der Waals surface area contributed by atoms with Crippen LogP contribution < -0.4 is 0 Å². The lowest BCUT2D eigenvalue weighted by Crippen LogP contribution is -2.30. The maximum Gasteiger partial charge on any atom is 0.0239 e. The molecule has 2 rings (SSSR count). The first kappa shape index (κ1) is 16.2. The van der Waals surface area contributed by atoms with Gasteiger partial charge in [-0.1, -0.05) is 52.8 Å². The average molecular weight is 235 g/mol. The third kappa shape index (κ3) is 4.51. The topological polar surface area (TPSA) is 3.24 Å². The molecule has 17 heavy (non-hydrogen) atoms. The summed E-state index contributed by atoms with van der Waals surface area (Å²) in [6.07, 6.45) is 1.23. The van der Waals surface area contributed by atoms with Crippen LogP contribution in [0, 0.1) is 6.92 Å². The monoisotopic (exact) mass is 235 g/mol. The number of rotatable bonds is 1. The number of nitrogens with zero attached hydrogens (tertiary/aromatic N) is 1. The highest BCUT2D eigenvalue weighted by atomic mass is 15.1. The van der Waals surface area contributed by atoms with E-state index in [1.807, 2.05) is 27.7 Å². The van der Waals surface area contributed by atoms with Crippen molar-refractivity contribution in [3.05, 3.63) is 34.9 Å². The Kier molecular flexibility index (Phi) is 8.79. The summed E-state index contributed by atoms with van der Waals surface area (Å²) in [6.45, 7) is 16.0. The molecule has 0 amide bonds. The van der Waals surface area contributed by atoms with Gasteiger partial charge in [0.15, 0.2) is 0 Å². The predicted molar refractivity (Wildman–Crippen MR) is 78.5 cm³/mol. The van der Waals surface area contributed by atoms with Gasteiger partial charge in [-0.25, -0.2) is 0 Å². The molecule has 0 unspecified atom stereocenters. The van der Waals surface area contributed by atoms with Crippen LogP contribution in [0.4, 0.5) is 0 Å². The Labute approximate surface area is 108 Å². The van der Waals surface area contributed by atoms with Crippen LogP contribution in [0.5, 0.6) is 0 Å². The van der Waals surface area contributed by atoms with E-state index in [-0.39, 0.29) is 0 Å². The quantitative estimate of drug-likeness (QED) is 0.696. The Morgan fingerprint density at radius 3 is 2.35 bits per heavy atom. The lowest BCUT2D eigenvalue weighted by Gasteiger charge is -2.28. The SMILES string of the molecule is CC.CC.CCN1CCc2cccc(C)c2C1. The van der Waals surface area contributed by atoms with Crippen molar-refractivity contribution in [2.75, 3.05) is 13.1 Å². The van der Waals surface area contributed by atoms with E-state index in [0.29, 0.717) is 0 Å². The minimum absolute atomic E-state index is 1.15. The summed E-state index contributed by atoms with van der Waals surface area (Å²) in [4.78, 5) is 2.51. The molecule has 1 heterocycles. The highest BCUT2D eigenvalue weighted by molar-refractivity contribution is 5.35. The molecule has 1 aliphatic heterocycles. The van der Waals surface area contributed by atoms with E-state index in [9.17, 15) is 0 Å².